The van der Waals surface area contributed by atoms with E-state index in [-0.39, 0.29) is 0 Å². The lowest BCUT2D eigenvalue weighted by atomic mass is 10.1. The molecule has 0 bridgehead atoms. The molecule has 0 aromatic carbocycles. The topological polar surface area (TPSA) is 34.1 Å². The second-order valence-corrected chi connectivity index (χ2v) is 4.94. The van der Waals surface area contributed by atoms with Crippen molar-refractivity contribution in [3.63, 3.8) is 0 Å². The lowest BCUT2D eigenvalue weighted by molar-refractivity contribution is -0.238. The number of sulfone groups is 1. The fourth-order valence-electron chi connectivity index (χ4n) is 1.06. The Morgan fingerprint density at radius 1 is 1.31 bits per heavy atom. The largest absolute Gasteiger partial charge is 0.426 e. The summed E-state index contributed by atoms with van der Waals surface area (Å²) in [5.74, 6) is -1.11. The molecule has 2 atom stereocenters. The Morgan fingerprint density at radius 2 is 1.77 bits per heavy atom. The van der Waals surface area contributed by atoms with Crippen molar-refractivity contribution in [2.75, 3.05) is 5.75 Å². The van der Waals surface area contributed by atoms with Gasteiger partial charge in [-0.25, -0.2) is 17.2 Å². The van der Waals surface area contributed by atoms with E-state index < -0.39 is 39.4 Å². The molecule has 0 aromatic heterocycles. The molecule has 0 aromatic rings. The van der Waals surface area contributed by atoms with Crippen LogP contribution in [-0.4, -0.2) is 31.5 Å². The molecule has 1 saturated heterocycles. The van der Waals surface area contributed by atoms with Gasteiger partial charge < -0.3 is 0 Å². The zero-order chi connectivity index (χ0) is 10.5. The SMILES string of the molecule is O=S1(=O)CCC(F)(C(F)(F)F)C1F. The fraction of sp³-hybridized carbons (Fsp3) is 1.00. The van der Waals surface area contributed by atoms with Crippen LogP contribution in [0.3, 0.4) is 0 Å². The molecule has 1 aliphatic rings. The first-order chi connectivity index (χ1) is 5.61. The first-order valence-electron chi connectivity index (χ1n) is 3.22. The second kappa shape index (κ2) is 2.55. The highest BCUT2D eigenvalue weighted by molar-refractivity contribution is 7.92. The van der Waals surface area contributed by atoms with Crippen LogP contribution in [0, 0.1) is 0 Å². The van der Waals surface area contributed by atoms with Crippen molar-refractivity contribution in [3.8, 4) is 0 Å². The zero-order valence-corrected chi connectivity index (χ0v) is 6.92. The van der Waals surface area contributed by atoms with Gasteiger partial charge in [0.15, 0.2) is 9.84 Å². The van der Waals surface area contributed by atoms with Crippen LogP contribution in [0.15, 0.2) is 0 Å². The number of rotatable bonds is 0. The Balaban J connectivity index is 3.12. The summed E-state index contributed by atoms with van der Waals surface area (Å²) in [6.07, 6.45) is -6.84. The summed E-state index contributed by atoms with van der Waals surface area (Å²) in [7, 11) is -4.58. The highest BCUT2D eigenvalue weighted by Gasteiger charge is 2.69. The minimum absolute atomic E-state index is 1.11. The highest BCUT2D eigenvalue weighted by atomic mass is 32.2. The van der Waals surface area contributed by atoms with Crippen LogP contribution in [0.4, 0.5) is 22.0 Å². The smallest absolute Gasteiger partial charge is 0.229 e. The summed E-state index contributed by atoms with van der Waals surface area (Å²) < 4.78 is 82.0. The van der Waals surface area contributed by atoms with E-state index in [2.05, 4.69) is 0 Å². The van der Waals surface area contributed by atoms with Gasteiger partial charge in [-0.3, -0.25) is 0 Å². The standard InChI is InChI=1S/C5H5F5O2S/c6-3-4(7,5(8,9)10)1-2-13(3,11)12/h3H,1-2H2. The van der Waals surface area contributed by atoms with Crippen molar-refractivity contribution in [2.24, 2.45) is 0 Å². The summed E-state index contributed by atoms with van der Waals surface area (Å²) >= 11 is 0. The third kappa shape index (κ3) is 1.40. The van der Waals surface area contributed by atoms with Crippen molar-refractivity contribution < 1.29 is 30.4 Å². The van der Waals surface area contributed by atoms with Crippen molar-refractivity contribution >= 4 is 9.84 Å². The van der Waals surface area contributed by atoms with Crippen LogP contribution < -0.4 is 0 Å². The summed E-state index contributed by atoms with van der Waals surface area (Å²) in [4.78, 5) is 0. The maximum Gasteiger partial charge on any atom is 0.426 e. The number of alkyl halides is 5. The van der Waals surface area contributed by atoms with Crippen molar-refractivity contribution in [2.45, 2.75) is 23.8 Å². The van der Waals surface area contributed by atoms with Gasteiger partial charge in [-0.05, 0) is 0 Å². The molecule has 0 saturated carbocycles. The molecule has 1 rings (SSSR count). The van der Waals surface area contributed by atoms with Crippen molar-refractivity contribution in [1.82, 2.24) is 0 Å². The van der Waals surface area contributed by atoms with Gasteiger partial charge in [0, 0.05) is 6.42 Å². The zero-order valence-electron chi connectivity index (χ0n) is 6.11. The van der Waals surface area contributed by atoms with Crippen LogP contribution in [0.5, 0.6) is 0 Å². The molecule has 0 N–H and O–H groups in total. The van der Waals surface area contributed by atoms with Gasteiger partial charge in [-0.1, -0.05) is 0 Å². The van der Waals surface area contributed by atoms with Gasteiger partial charge in [-0.15, -0.1) is 0 Å². The Hall–Kier alpha value is -0.400. The normalized spacial score (nSPS) is 39.3. The molecule has 8 heteroatoms. The lowest BCUT2D eigenvalue weighted by Crippen LogP contribution is -2.46. The van der Waals surface area contributed by atoms with Gasteiger partial charge >= 0.3 is 6.18 Å². The first kappa shape index (κ1) is 10.7. The summed E-state index contributed by atoms with van der Waals surface area (Å²) in [6.45, 7) is 0. The Labute approximate surface area is 70.6 Å². The molecule has 0 amide bonds. The van der Waals surface area contributed by atoms with Crippen LogP contribution in [0.2, 0.25) is 0 Å². The van der Waals surface area contributed by atoms with Crippen LogP contribution >= 0.6 is 0 Å². The molecule has 0 aliphatic carbocycles. The second-order valence-electron chi connectivity index (χ2n) is 2.79. The molecule has 78 valence electrons. The fourth-order valence-corrected chi connectivity index (χ4v) is 2.67. The average Bonchev–Trinajstić information content (AvgIpc) is 2.14. The maximum atomic E-state index is 12.8. The van der Waals surface area contributed by atoms with Crippen molar-refractivity contribution in [1.29, 1.82) is 0 Å². The summed E-state index contributed by atoms with van der Waals surface area (Å²) in [5, 5.41) is 0. The number of hydrogen-bond acceptors (Lipinski definition) is 2. The van der Waals surface area contributed by atoms with Gasteiger partial charge in [0.25, 0.3) is 5.67 Å². The van der Waals surface area contributed by atoms with E-state index in [9.17, 15) is 30.4 Å². The number of hydrogen-bond donors (Lipinski definition) is 0. The van der Waals surface area contributed by atoms with Gasteiger partial charge in [0.05, 0.1) is 5.75 Å². The predicted octanol–water partition coefficient (Wildman–Crippen LogP) is 1.37. The summed E-state index contributed by atoms with van der Waals surface area (Å²) in [5.41, 5.74) is -7.72. The molecule has 1 heterocycles. The van der Waals surface area contributed by atoms with E-state index in [1.54, 1.807) is 0 Å². The van der Waals surface area contributed by atoms with Crippen LogP contribution in [0.25, 0.3) is 0 Å². The third-order valence-corrected chi connectivity index (χ3v) is 3.67. The van der Waals surface area contributed by atoms with E-state index in [1.165, 1.54) is 0 Å². The Kier molecular flexibility index (Phi) is 2.10. The molecule has 1 fully saturated rings. The molecule has 2 nitrogen and oxygen atoms in total. The molecule has 0 spiro atoms. The number of halogens is 5. The molecular weight excluding hydrogens is 219 g/mol. The van der Waals surface area contributed by atoms with E-state index >= 15 is 0 Å². The molecule has 1 aliphatic heterocycles. The minimum atomic E-state index is -5.48. The van der Waals surface area contributed by atoms with E-state index in [0.29, 0.717) is 0 Å². The first-order valence-corrected chi connectivity index (χ1v) is 4.94. The maximum absolute atomic E-state index is 12.8. The minimum Gasteiger partial charge on any atom is -0.229 e. The Morgan fingerprint density at radius 3 is 1.92 bits per heavy atom. The third-order valence-electron chi connectivity index (χ3n) is 1.90. The van der Waals surface area contributed by atoms with Crippen molar-refractivity contribution in [3.05, 3.63) is 0 Å². The average molecular weight is 224 g/mol. The van der Waals surface area contributed by atoms with Gasteiger partial charge in [0.2, 0.25) is 5.50 Å². The molecule has 2 unspecified atom stereocenters. The van der Waals surface area contributed by atoms with Gasteiger partial charge in [0.1, 0.15) is 0 Å². The van der Waals surface area contributed by atoms with E-state index in [1.807, 2.05) is 0 Å². The Bertz CT molecular complexity index is 307. The van der Waals surface area contributed by atoms with Crippen LogP contribution in [-0.2, 0) is 9.84 Å². The molecular formula is C5H5F5O2S. The van der Waals surface area contributed by atoms with Gasteiger partial charge in [-0.2, -0.15) is 13.2 Å². The van der Waals surface area contributed by atoms with Crippen LogP contribution in [0.1, 0.15) is 6.42 Å². The predicted molar refractivity (Wildman–Crippen MR) is 33.2 cm³/mol. The summed E-state index contributed by atoms with van der Waals surface area (Å²) in [6, 6.07) is 0. The lowest BCUT2D eigenvalue weighted by Gasteiger charge is -2.23. The van der Waals surface area contributed by atoms with E-state index in [4.69, 9.17) is 0 Å². The van der Waals surface area contributed by atoms with E-state index in [0.717, 1.165) is 0 Å². The highest BCUT2D eigenvalue weighted by Crippen LogP contribution is 2.47. The monoisotopic (exact) mass is 224 g/mol. The quantitative estimate of drug-likeness (QED) is 0.582. The molecule has 13 heavy (non-hydrogen) atoms. The molecule has 0 radical (unpaired) electrons.